The first-order chi connectivity index (χ1) is 6.24. The quantitative estimate of drug-likeness (QED) is 0.639. The van der Waals surface area contributed by atoms with E-state index in [0.717, 1.165) is 17.7 Å². The van der Waals surface area contributed by atoms with Gasteiger partial charge in [0.15, 0.2) is 0 Å². The van der Waals surface area contributed by atoms with Crippen LogP contribution in [0.5, 0.6) is 5.75 Å². The normalized spacial score (nSPS) is 9.69. The number of ether oxygens (including phenoxy) is 1. The maximum Gasteiger partial charge on any atom is 0.122 e. The minimum atomic E-state index is 0.626. The summed E-state index contributed by atoms with van der Waals surface area (Å²) in [5.74, 6) is 0.956. The van der Waals surface area contributed by atoms with Crippen LogP contribution in [-0.2, 0) is 0 Å². The van der Waals surface area contributed by atoms with Gasteiger partial charge in [0, 0.05) is 0 Å². The molecule has 1 aromatic rings. The molecule has 0 bridgehead atoms. The van der Waals surface area contributed by atoms with Crippen LogP contribution < -0.4 is 4.74 Å². The third kappa shape index (κ3) is 2.94. The lowest BCUT2D eigenvalue weighted by Crippen LogP contribution is -2.00. The molecule has 0 saturated heterocycles. The summed E-state index contributed by atoms with van der Waals surface area (Å²) in [6, 6.07) is 8.02. The average molecular weight is 176 g/mol. The van der Waals surface area contributed by atoms with Gasteiger partial charge < -0.3 is 4.74 Å². The summed E-state index contributed by atoms with van der Waals surface area (Å²) in [6.07, 6.45) is 0.978. The van der Waals surface area contributed by atoms with Crippen molar-refractivity contribution in [3.05, 3.63) is 42.0 Å². The standard InChI is InChI=1S/C12H16O/c1-4-10(2)9-13-12-8-6-5-7-11(12)3/h5-8H,2,4,9H2,1,3H3. The molecule has 0 fully saturated rings. The van der Waals surface area contributed by atoms with E-state index in [1.54, 1.807) is 0 Å². The highest BCUT2D eigenvalue weighted by Gasteiger charge is 1.97. The zero-order chi connectivity index (χ0) is 9.68. The topological polar surface area (TPSA) is 9.23 Å². The monoisotopic (exact) mass is 176 g/mol. The minimum Gasteiger partial charge on any atom is -0.489 e. The number of hydrogen-bond donors (Lipinski definition) is 0. The summed E-state index contributed by atoms with van der Waals surface area (Å²) in [7, 11) is 0. The zero-order valence-corrected chi connectivity index (χ0v) is 8.34. The molecule has 0 aliphatic rings. The first-order valence-corrected chi connectivity index (χ1v) is 4.59. The fourth-order valence-corrected chi connectivity index (χ4v) is 1.00. The predicted octanol–water partition coefficient (Wildman–Crippen LogP) is 3.34. The summed E-state index contributed by atoms with van der Waals surface area (Å²) < 4.78 is 5.59. The van der Waals surface area contributed by atoms with Gasteiger partial charge in [-0.25, -0.2) is 0 Å². The molecule has 0 saturated carbocycles. The highest BCUT2D eigenvalue weighted by atomic mass is 16.5. The second-order valence-electron chi connectivity index (χ2n) is 3.16. The van der Waals surface area contributed by atoms with E-state index in [1.165, 1.54) is 5.56 Å². The van der Waals surface area contributed by atoms with Crippen LogP contribution in [0.4, 0.5) is 0 Å². The Balaban J connectivity index is 2.54. The van der Waals surface area contributed by atoms with Crippen LogP contribution in [0.2, 0.25) is 0 Å². The first kappa shape index (κ1) is 9.85. The van der Waals surface area contributed by atoms with Gasteiger partial charge in [-0.2, -0.15) is 0 Å². The van der Waals surface area contributed by atoms with Gasteiger partial charge in [-0.1, -0.05) is 31.7 Å². The molecule has 0 atom stereocenters. The number of para-hydroxylation sites is 1. The lowest BCUT2D eigenvalue weighted by Gasteiger charge is -2.08. The van der Waals surface area contributed by atoms with E-state index in [-0.39, 0.29) is 0 Å². The minimum absolute atomic E-state index is 0.626. The first-order valence-electron chi connectivity index (χ1n) is 4.59. The summed E-state index contributed by atoms with van der Waals surface area (Å²) >= 11 is 0. The van der Waals surface area contributed by atoms with E-state index < -0.39 is 0 Å². The van der Waals surface area contributed by atoms with Crippen molar-refractivity contribution in [2.75, 3.05) is 6.61 Å². The third-order valence-corrected chi connectivity index (χ3v) is 2.03. The molecule has 0 aromatic heterocycles. The Hall–Kier alpha value is -1.24. The molecule has 0 heterocycles. The van der Waals surface area contributed by atoms with E-state index in [1.807, 2.05) is 31.2 Å². The SMILES string of the molecule is C=C(CC)COc1ccccc1C. The van der Waals surface area contributed by atoms with Crippen molar-refractivity contribution in [3.8, 4) is 5.75 Å². The maximum absolute atomic E-state index is 5.59. The van der Waals surface area contributed by atoms with E-state index in [9.17, 15) is 0 Å². The van der Waals surface area contributed by atoms with Crippen LogP contribution in [0.25, 0.3) is 0 Å². The molecule has 0 spiro atoms. The molecule has 1 rings (SSSR count). The van der Waals surface area contributed by atoms with Crippen molar-refractivity contribution in [2.45, 2.75) is 20.3 Å². The molecular weight excluding hydrogens is 160 g/mol. The molecule has 0 N–H and O–H groups in total. The smallest absolute Gasteiger partial charge is 0.122 e. The summed E-state index contributed by atoms with van der Waals surface area (Å²) in [5, 5.41) is 0. The average Bonchev–Trinajstić information content (AvgIpc) is 2.16. The van der Waals surface area contributed by atoms with E-state index >= 15 is 0 Å². The second-order valence-corrected chi connectivity index (χ2v) is 3.16. The summed E-state index contributed by atoms with van der Waals surface area (Å²) in [6.45, 7) is 8.65. The highest BCUT2D eigenvalue weighted by molar-refractivity contribution is 5.31. The Labute approximate surface area is 80.0 Å². The van der Waals surface area contributed by atoms with Gasteiger partial charge in [-0.3, -0.25) is 0 Å². The van der Waals surface area contributed by atoms with Crippen LogP contribution in [0.1, 0.15) is 18.9 Å². The largest absolute Gasteiger partial charge is 0.489 e. The molecule has 0 amide bonds. The van der Waals surface area contributed by atoms with E-state index in [4.69, 9.17) is 4.74 Å². The molecule has 13 heavy (non-hydrogen) atoms. The van der Waals surface area contributed by atoms with Crippen LogP contribution in [-0.4, -0.2) is 6.61 Å². The van der Waals surface area contributed by atoms with Gasteiger partial charge >= 0.3 is 0 Å². The third-order valence-electron chi connectivity index (χ3n) is 2.03. The van der Waals surface area contributed by atoms with Crippen LogP contribution in [0, 0.1) is 6.92 Å². The van der Waals surface area contributed by atoms with E-state index in [2.05, 4.69) is 13.5 Å². The van der Waals surface area contributed by atoms with Gasteiger partial charge in [-0.05, 0) is 30.5 Å². The van der Waals surface area contributed by atoms with Gasteiger partial charge in [0.1, 0.15) is 12.4 Å². The summed E-state index contributed by atoms with van der Waals surface area (Å²) in [5.41, 5.74) is 2.30. The van der Waals surface area contributed by atoms with Crippen molar-refractivity contribution in [2.24, 2.45) is 0 Å². The Morgan fingerprint density at radius 2 is 2.08 bits per heavy atom. The number of hydrogen-bond acceptors (Lipinski definition) is 1. The molecule has 0 aliphatic carbocycles. The van der Waals surface area contributed by atoms with Gasteiger partial charge in [-0.15, -0.1) is 0 Å². The lowest BCUT2D eigenvalue weighted by atomic mass is 10.2. The molecule has 0 unspecified atom stereocenters. The number of aryl methyl sites for hydroxylation is 1. The van der Waals surface area contributed by atoms with Crippen molar-refractivity contribution in [3.63, 3.8) is 0 Å². The molecule has 0 radical (unpaired) electrons. The van der Waals surface area contributed by atoms with E-state index in [0.29, 0.717) is 6.61 Å². The molecule has 70 valence electrons. The van der Waals surface area contributed by atoms with Crippen molar-refractivity contribution < 1.29 is 4.74 Å². The van der Waals surface area contributed by atoms with Crippen molar-refractivity contribution in [1.29, 1.82) is 0 Å². The fraction of sp³-hybridized carbons (Fsp3) is 0.333. The fourth-order valence-electron chi connectivity index (χ4n) is 1.00. The molecule has 0 aliphatic heterocycles. The van der Waals surface area contributed by atoms with Gasteiger partial charge in [0.05, 0.1) is 0 Å². The molecule has 1 nitrogen and oxygen atoms in total. The Bertz CT molecular complexity index is 289. The van der Waals surface area contributed by atoms with Crippen LogP contribution >= 0.6 is 0 Å². The van der Waals surface area contributed by atoms with Crippen molar-refractivity contribution >= 4 is 0 Å². The predicted molar refractivity (Wildman–Crippen MR) is 56.1 cm³/mol. The zero-order valence-electron chi connectivity index (χ0n) is 8.34. The van der Waals surface area contributed by atoms with Crippen LogP contribution in [0.3, 0.4) is 0 Å². The Morgan fingerprint density at radius 1 is 1.38 bits per heavy atom. The van der Waals surface area contributed by atoms with Gasteiger partial charge in [0.25, 0.3) is 0 Å². The second kappa shape index (κ2) is 4.70. The van der Waals surface area contributed by atoms with Crippen molar-refractivity contribution in [1.82, 2.24) is 0 Å². The summed E-state index contributed by atoms with van der Waals surface area (Å²) in [4.78, 5) is 0. The highest BCUT2D eigenvalue weighted by Crippen LogP contribution is 2.16. The molecular formula is C12H16O. The Morgan fingerprint density at radius 3 is 2.69 bits per heavy atom. The van der Waals surface area contributed by atoms with Gasteiger partial charge in [0.2, 0.25) is 0 Å². The van der Waals surface area contributed by atoms with Crippen LogP contribution in [0.15, 0.2) is 36.4 Å². The lowest BCUT2D eigenvalue weighted by molar-refractivity contribution is 0.346. The molecule has 1 heteroatoms. The number of rotatable bonds is 4. The number of benzene rings is 1. The molecule has 1 aromatic carbocycles. The Kier molecular flexibility index (Phi) is 3.56. The maximum atomic E-state index is 5.59.